The van der Waals surface area contributed by atoms with Gasteiger partial charge in [0.25, 0.3) is 0 Å². The molecule has 0 heterocycles. The molecule has 4 nitrogen and oxygen atoms in total. The molecule has 2 rings (SSSR count). The summed E-state index contributed by atoms with van der Waals surface area (Å²) in [4.78, 5) is 4.30. The number of nitrogens with zero attached hydrogens (tertiary/aromatic N) is 1. The van der Waals surface area contributed by atoms with E-state index < -0.39 is 0 Å². The van der Waals surface area contributed by atoms with E-state index in [1.807, 2.05) is 19.2 Å². The molecule has 0 aliphatic heterocycles. The van der Waals surface area contributed by atoms with Crippen molar-refractivity contribution in [1.29, 1.82) is 0 Å². The molecule has 1 saturated carbocycles. The van der Waals surface area contributed by atoms with Crippen LogP contribution in [0.5, 0.6) is 5.75 Å². The van der Waals surface area contributed by atoms with Crippen LogP contribution in [0.1, 0.15) is 39.2 Å². The highest BCUT2D eigenvalue weighted by molar-refractivity contribution is 5.80. The summed E-state index contributed by atoms with van der Waals surface area (Å²) in [6.45, 7) is 7.27. The Kier molecular flexibility index (Phi) is 4.45. The normalized spacial score (nSPS) is 17.3. The van der Waals surface area contributed by atoms with E-state index in [1.165, 1.54) is 18.4 Å². The molecule has 0 bridgehead atoms. The lowest BCUT2D eigenvalue weighted by Gasteiger charge is -2.26. The van der Waals surface area contributed by atoms with Crippen molar-refractivity contribution in [2.45, 2.75) is 44.6 Å². The molecule has 0 amide bonds. The molecule has 2 N–H and O–H groups in total. The van der Waals surface area contributed by atoms with Crippen LogP contribution in [-0.4, -0.2) is 32.2 Å². The van der Waals surface area contributed by atoms with Crippen molar-refractivity contribution >= 4 is 5.96 Å². The van der Waals surface area contributed by atoms with Gasteiger partial charge in [-0.15, -0.1) is 0 Å². The Balaban J connectivity index is 2.05. The summed E-state index contributed by atoms with van der Waals surface area (Å²) in [6, 6.07) is 8.32. The smallest absolute Gasteiger partial charge is 0.191 e. The van der Waals surface area contributed by atoms with E-state index in [4.69, 9.17) is 4.74 Å². The van der Waals surface area contributed by atoms with Gasteiger partial charge >= 0.3 is 0 Å². The van der Waals surface area contributed by atoms with Crippen molar-refractivity contribution in [3.8, 4) is 5.75 Å². The van der Waals surface area contributed by atoms with E-state index >= 15 is 0 Å². The second kappa shape index (κ2) is 5.96. The lowest BCUT2D eigenvalue weighted by molar-refractivity contribution is 0.403. The van der Waals surface area contributed by atoms with E-state index in [0.29, 0.717) is 0 Å². The first kappa shape index (κ1) is 15.7. The van der Waals surface area contributed by atoms with Crippen molar-refractivity contribution in [2.75, 3.05) is 20.7 Å². The van der Waals surface area contributed by atoms with E-state index in [2.05, 4.69) is 48.5 Å². The number of nitrogens with one attached hydrogen (secondary N) is 2. The summed E-state index contributed by atoms with van der Waals surface area (Å²) in [7, 11) is 3.55. The first-order chi connectivity index (χ1) is 9.90. The summed E-state index contributed by atoms with van der Waals surface area (Å²) in [5.74, 6) is 1.83. The molecule has 0 saturated heterocycles. The summed E-state index contributed by atoms with van der Waals surface area (Å²) in [6.07, 6.45) is 2.37. The number of para-hydroxylation sites is 1. The van der Waals surface area contributed by atoms with Gasteiger partial charge in [-0.25, -0.2) is 0 Å². The lowest BCUT2D eigenvalue weighted by Crippen LogP contribution is -2.49. The number of ether oxygens (including phenoxy) is 1. The zero-order valence-corrected chi connectivity index (χ0v) is 13.8. The largest absolute Gasteiger partial charge is 0.496 e. The molecule has 1 aliphatic rings. The van der Waals surface area contributed by atoms with E-state index in [1.54, 1.807) is 7.11 Å². The van der Waals surface area contributed by atoms with Crippen LogP contribution in [-0.2, 0) is 5.41 Å². The van der Waals surface area contributed by atoms with Gasteiger partial charge in [-0.3, -0.25) is 4.99 Å². The summed E-state index contributed by atoms with van der Waals surface area (Å²) in [5.41, 5.74) is 1.48. The van der Waals surface area contributed by atoms with Gasteiger partial charge in [0.1, 0.15) is 5.75 Å². The molecule has 0 radical (unpaired) electrons. The van der Waals surface area contributed by atoms with Crippen LogP contribution in [0, 0.1) is 0 Å². The fourth-order valence-corrected chi connectivity index (χ4v) is 2.56. The van der Waals surface area contributed by atoms with Crippen LogP contribution in [0.15, 0.2) is 29.3 Å². The maximum absolute atomic E-state index is 5.51. The first-order valence-corrected chi connectivity index (χ1v) is 7.52. The third-order valence-corrected chi connectivity index (χ3v) is 3.84. The predicted octanol–water partition coefficient (Wildman–Crippen LogP) is 2.69. The molecule has 116 valence electrons. The number of hydrogen-bond acceptors (Lipinski definition) is 2. The van der Waals surface area contributed by atoms with Crippen LogP contribution in [0.25, 0.3) is 0 Å². The maximum atomic E-state index is 5.51. The molecule has 21 heavy (non-hydrogen) atoms. The van der Waals surface area contributed by atoms with E-state index in [9.17, 15) is 0 Å². The molecule has 0 spiro atoms. The molecule has 0 aromatic heterocycles. The molecular formula is C17H27N3O. The Labute approximate surface area is 128 Å². The molecule has 1 aromatic carbocycles. The fraction of sp³-hybridized carbons (Fsp3) is 0.588. The average Bonchev–Trinajstić information content (AvgIpc) is 3.23. The number of guanidine groups is 1. The Morgan fingerprint density at radius 2 is 1.95 bits per heavy atom. The minimum atomic E-state index is 0.00297. The Morgan fingerprint density at radius 3 is 2.48 bits per heavy atom. The third-order valence-electron chi connectivity index (χ3n) is 3.84. The van der Waals surface area contributed by atoms with E-state index in [-0.39, 0.29) is 11.0 Å². The molecule has 4 heteroatoms. The molecule has 1 aromatic rings. The van der Waals surface area contributed by atoms with Crippen molar-refractivity contribution in [3.63, 3.8) is 0 Å². The van der Waals surface area contributed by atoms with Crippen molar-refractivity contribution in [1.82, 2.24) is 10.6 Å². The number of rotatable bonds is 4. The molecule has 0 unspecified atom stereocenters. The van der Waals surface area contributed by atoms with Crippen LogP contribution in [0.3, 0.4) is 0 Å². The molecule has 1 aliphatic carbocycles. The molecule has 0 atom stereocenters. The van der Waals surface area contributed by atoms with Crippen molar-refractivity contribution in [2.24, 2.45) is 4.99 Å². The quantitative estimate of drug-likeness (QED) is 0.662. The number of methoxy groups -OCH3 is 1. The standard InChI is InChI=1S/C17H27N3O/c1-16(2,3)20-15(18-4)19-12-17(10-11-17)13-8-6-7-9-14(13)21-5/h6-9H,10-12H2,1-5H3,(H2,18,19,20). The zero-order valence-electron chi connectivity index (χ0n) is 13.8. The van der Waals surface area contributed by atoms with Gasteiger partial charge in [0.2, 0.25) is 0 Å². The third kappa shape index (κ3) is 3.90. The Hall–Kier alpha value is -1.71. The molecule has 1 fully saturated rings. The highest BCUT2D eigenvalue weighted by atomic mass is 16.5. The van der Waals surface area contributed by atoms with Gasteiger partial charge in [0.05, 0.1) is 7.11 Å². The zero-order chi connectivity index (χ0) is 15.5. The van der Waals surface area contributed by atoms with Gasteiger partial charge < -0.3 is 15.4 Å². The summed E-state index contributed by atoms with van der Waals surface area (Å²) < 4.78 is 5.51. The minimum absolute atomic E-state index is 0.00297. The van der Waals surface area contributed by atoms with Crippen molar-refractivity contribution < 1.29 is 4.74 Å². The topological polar surface area (TPSA) is 45.7 Å². The Morgan fingerprint density at radius 1 is 1.29 bits per heavy atom. The van der Waals surface area contributed by atoms with Crippen LogP contribution in [0.4, 0.5) is 0 Å². The van der Waals surface area contributed by atoms with Gasteiger partial charge in [-0.2, -0.15) is 0 Å². The first-order valence-electron chi connectivity index (χ1n) is 7.52. The minimum Gasteiger partial charge on any atom is -0.496 e. The van der Waals surface area contributed by atoms with Crippen LogP contribution in [0.2, 0.25) is 0 Å². The SMILES string of the molecule is CN=C(NCC1(c2ccccc2OC)CC1)NC(C)(C)C. The Bertz CT molecular complexity index is 513. The van der Waals surface area contributed by atoms with Gasteiger partial charge in [-0.05, 0) is 39.7 Å². The maximum Gasteiger partial charge on any atom is 0.191 e. The monoisotopic (exact) mass is 289 g/mol. The van der Waals surface area contributed by atoms with Gasteiger partial charge in [-0.1, -0.05) is 18.2 Å². The molecular weight excluding hydrogens is 262 g/mol. The lowest BCUT2D eigenvalue weighted by atomic mass is 9.95. The summed E-state index contributed by atoms with van der Waals surface area (Å²) in [5, 5.41) is 6.86. The van der Waals surface area contributed by atoms with Gasteiger partial charge in [0, 0.05) is 30.1 Å². The predicted molar refractivity (Wildman–Crippen MR) is 88.2 cm³/mol. The van der Waals surface area contributed by atoms with Crippen LogP contribution < -0.4 is 15.4 Å². The average molecular weight is 289 g/mol. The number of hydrogen-bond donors (Lipinski definition) is 2. The number of aliphatic imine (C=N–C) groups is 1. The number of benzene rings is 1. The van der Waals surface area contributed by atoms with Gasteiger partial charge in [0.15, 0.2) is 5.96 Å². The second-order valence-corrected chi connectivity index (χ2v) is 6.78. The van der Waals surface area contributed by atoms with E-state index in [0.717, 1.165) is 18.3 Å². The fourth-order valence-electron chi connectivity index (χ4n) is 2.56. The van der Waals surface area contributed by atoms with Crippen molar-refractivity contribution in [3.05, 3.63) is 29.8 Å². The highest BCUT2D eigenvalue weighted by Crippen LogP contribution is 2.50. The second-order valence-electron chi connectivity index (χ2n) is 6.78. The van der Waals surface area contributed by atoms with Crippen LogP contribution >= 0.6 is 0 Å². The highest BCUT2D eigenvalue weighted by Gasteiger charge is 2.46. The summed E-state index contributed by atoms with van der Waals surface area (Å²) >= 11 is 0.